The first-order chi connectivity index (χ1) is 16.1. The molecule has 0 N–H and O–H groups in total. The van der Waals surface area contributed by atoms with Crippen LogP contribution in [0.1, 0.15) is 38.3 Å². The van der Waals surface area contributed by atoms with Crippen molar-refractivity contribution in [2.75, 3.05) is 35.2 Å². The molecule has 0 saturated carbocycles. The highest BCUT2D eigenvalue weighted by Gasteiger charge is 2.52. The van der Waals surface area contributed by atoms with Crippen molar-refractivity contribution in [2.45, 2.75) is 57.0 Å². The lowest BCUT2D eigenvalue weighted by Gasteiger charge is -2.37. The topological polar surface area (TPSA) is 75.7 Å². The number of methoxy groups -OCH3 is 3. The third kappa shape index (κ3) is 5.37. The number of amides is 1. The molecule has 9 heteroatoms. The van der Waals surface area contributed by atoms with Gasteiger partial charge in [0.2, 0.25) is 0 Å². The van der Waals surface area contributed by atoms with E-state index >= 15 is 0 Å². The van der Waals surface area contributed by atoms with E-state index in [2.05, 4.69) is 22.0 Å². The van der Waals surface area contributed by atoms with Crippen molar-refractivity contribution in [3.05, 3.63) is 46.2 Å². The van der Waals surface area contributed by atoms with E-state index in [1.807, 2.05) is 39.0 Å². The van der Waals surface area contributed by atoms with Gasteiger partial charge in [-0.05, 0) is 38.5 Å². The van der Waals surface area contributed by atoms with Gasteiger partial charge in [-0.15, -0.1) is 0 Å². The summed E-state index contributed by atoms with van der Waals surface area (Å²) in [6.45, 7) is 6.04. The van der Waals surface area contributed by atoms with Crippen LogP contribution in [-0.4, -0.2) is 64.0 Å². The SMILES string of the molecule is CO/C=C/[C@@]12C=C(Br)[C@@H](OCOC)C[C@@H]1Oc1c(OC)ccc(CN(C)C(=O)OC(C)(C)C)c12. The van der Waals surface area contributed by atoms with E-state index in [1.54, 1.807) is 39.5 Å². The normalized spacial score (nSPS) is 23.6. The van der Waals surface area contributed by atoms with Gasteiger partial charge in [0.1, 0.15) is 18.5 Å². The first-order valence-electron chi connectivity index (χ1n) is 11.1. The van der Waals surface area contributed by atoms with E-state index in [-0.39, 0.29) is 19.0 Å². The zero-order valence-electron chi connectivity index (χ0n) is 20.8. The van der Waals surface area contributed by atoms with E-state index in [0.29, 0.717) is 24.5 Å². The number of carbonyl (C=O) groups is 1. The maximum atomic E-state index is 12.7. The zero-order chi connectivity index (χ0) is 25.1. The Morgan fingerprint density at radius 1 is 1.29 bits per heavy atom. The fraction of sp³-hybridized carbons (Fsp3) is 0.560. The molecule has 0 aromatic heterocycles. The fourth-order valence-electron chi connectivity index (χ4n) is 4.30. The monoisotopic (exact) mass is 539 g/mol. The third-order valence-corrected chi connectivity index (χ3v) is 6.49. The quantitative estimate of drug-likeness (QED) is 0.343. The Morgan fingerprint density at radius 3 is 2.65 bits per heavy atom. The fourth-order valence-corrected chi connectivity index (χ4v) is 5.00. The van der Waals surface area contributed by atoms with Crippen LogP contribution in [0.2, 0.25) is 0 Å². The Bertz CT molecular complexity index is 955. The van der Waals surface area contributed by atoms with Crippen molar-refractivity contribution in [2.24, 2.45) is 0 Å². The second kappa shape index (κ2) is 10.6. The molecule has 1 aromatic carbocycles. The molecule has 8 nitrogen and oxygen atoms in total. The van der Waals surface area contributed by atoms with Gasteiger partial charge < -0.3 is 33.3 Å². The average Bonchev–Trinajstić information content (AvgIpc) is 3.09. The Morgan fingerprint density at radius 2 is 2.03 bits per heavy atom. The molecule has 0 saturated heterocycles. The molecular weight excluding hydrogens is 506 g/mol. The number of ether oxygens (including phenoxy) is 6. The minimum Gasteiger partial charge on any atom is -0.505 e. The van der Waals surface area contributed by atoms with Crippen LogP contribution in [0.3, 0.4) is 0 Å². The van der Waals surface area contributed by atoms with Gasteiger partial charge in [0.05, 0.1) is 32.0 Å². The highest BCUT2D eigenvalue weighted by molar-refractivity contribution is 9.11. The number of rotatable bonds is 8. The van der Waals surface area contributed by atoms with Crippen LogP contribution >= 0.6 is 15.9 Å². The summed E-state index contributed by atoms with van der Waals surface area (Å²) in [5, 5.41) is 0. The number of hydrogen-bond acceptors (Lipinski definition) is 7. The van der Waals surface area contributed by atoms with Crippen LogP contribution in [0.25, 0.3) is 0 Å². The highest BCUT2D eigenvalue weighted by atomic mass is 79.9. The standard InChI is InChI=1S/C25H34BrNO7/c1-24(2,3)34-23(28)27(4)14-16-8-9-18(31-7)22-21(16)25(10-11-29-5)13-17(26)19(32-15-30-6)12-20(25)33-22/h8-11,13,19-20H,12,14-15H2,1-7H3/b11-10+/t19-,20-,25+/m0/s1. The lowest BCUT2D eigenvalue weighted by Crippen LogP contribution is -2.43. The summed E-state index contributed by atoms with van der Waals surface area (Å²) < 4.78 is 34.8. The highest BCUT2D eigenvalue weighted by Crippen LogP contribution is 2.55. The van der Waals surface area contributed by atoms with Gasteiger partial charge in [0, 0.05) is 37.2 Å². The molecule has 0 fully saturated rings. The van der Waals surface area contributed by atoms with Crippen LogP contribution in [0.4, 0.5) is 4.79 Å². The van der Waals surface area contributed by atoms with Crippen LogP contribution in [0.5, 0.6) is 11.5 Å². The third-order valence-electron chi connectivity index (χ3n) is 5.75. The number of halogens is 1. The van der Waals surface area contributed by atoms with Crippen molar-refractivity contribution in [3.8, 4) is 11.5 Å². The van der Waals surface area contributed by atoms with Gasteiger partial charge in [0.25, 0.3) is 0 Å². The molecule has 1 aromatic rings. The lowest BCUT2D eigenvalue weighted by molar-refractivity contribution is -0.0705. The van der Waals surface area contributed by atoms with Gasteiger partial charge in [-0.3, -0.25) is 0 Å². The lowest BCUT2D eigenvalue weighted by atomic mass is 9.70. The molecule has 3 rings (SSSR count). The molecule has 1 aliphatic carbocycles. The summed E-state index contributed by atoms with van der Waals surface area (Å²) in [4.78, 5) is 14.2. The van der Waals surface area contributed by atoms with Crippen LogP contribution in [0, 0.1) is 0 Å². The van der Waals surface area contributed by atoms with Gasteiger partial charge in [-0.2, -0.15) is 0 Å². The molecule has 0 radical (unpaired) electrons. The summed E-state index contributed by atoms with van der Waals surface area (Å²) in [5.41, 5.74) is 0.594. The number of hydrogen-bond donors (Lipinski definition) is 0. The number of nitrogens with zero attached hydrogens (tertiary/aromatic N) is 1. The van der Waals surface area contributed by atoms with Crippen LogP contribution in [0.15, 0.2) is 35.0 Å². The molecule has 0 spiro atoms. The Labute approximate surface area is 209 Å². The molecule has 1 aliphatic heterocycles. The summed E-state index contributed by atoms with van der Waals surface area (Å²) in [5.74, 6) is 1.27. The smallest absolute Gasteiger partial charge is 0.410 e. The van der Waals surface area contributed by atoms with E-state index in [4.69, 9.17) is 28.4 Å². The molecule has 34 heavy (non-hydrogen) atoms. The van der Waals surface area contributed by atoms with Gasteiger partial charge >= 0.3 is 6.09 Å². The minimum atomic E-state index is -0.657. The average molecular weight is 540 g/mol. The van der Waals surface area contributed by atoms with Crippen LogP contribution < -0.4 is 9.47 Å². The van der Waals surface area contributed by atoms with Gasteiger partial charge in [-0.1, -0.05) is 28.1 Å². The molecule has 0 bridgehead atoms. The molecule has 0 unspecified atom stereocenters. The van der Waals surface area contributed by atoms with Crippen molar-refractivity contribution < 1.29 is 33.2 Å². The van der Waals surface area contributed by atoms with Crippen molar-refractivity contribution in [1.29, 1.82) is 0 Å². The molecule has 2 aliphatic rings. The molecular formula is C25H34BrNO7. The first kappa shape index (κ1) is 26.4. The van der Waals surface area contributed by atoms with E-state index in [9.17, 15) is 4.79 Å². The second-order valence-electron chi connectivity index (χ2n) is 9.37. The van der Waals surface area contributed by atoms with E-state index in [1.165, 1.54) is 0 Å². The predicted molar refractivity (Wildman–Crippen MR) is 131 cm³/mol. The molecule has 1 heterocycles. The summed E-state index contributed by atoms with van der Waals surface area (Å²) in [6, 6.07) is 3.82. The number of benzene rings is 1. The van der Waals surface area contributed by atoms with Gasteiger partial charge in [-0.25, -0.2) is 4.79 Å². The molecule has 1 amide bonds. The van der Waals surface area contributed by atoms with E-state index in [0.717, 1.165) is 15.6 Å². The Balaban J connectivity index is 2.08. The van der Waals surface area contributed by atoms with Crippen molar-refractivity contribution in [1.82, 2.24) is 4.90 Å². The zero-order valence-corrected chi connectivity index (χ0v) is 22.4. The van der Waals surface area contributed by atoms with Crippen molar-refractivity contribution in [3.63, 3.8) is 0 Å². The summed E-state index contributed by atoms with van der Waals surface area (Å²) in [7, 11) is 6.53. The summed E-state index contributed by atoms with van der Waals surface area (Å²) in [6.07, 6.45) is 5.39. The number of fused-ring (bicyclic) bond motifs is 3. The van der Waals surface area contributed by atoms with Gasteiger partial charge in [0.15, 0.2) is 11.5 Å². The van der Waals surface area contributed by atoms with E-state index < -0.39 is 17.1 Å². The predicted octanol–water partition coefficient (Wildman–Crippen LogP) is 4.89. The molecule has 3 atom stereocenters. The first-order valence-corrected chi connectivity index (χ1v) is 11.9. The van der Waals surface area contributed by atoms with Crippen molar-refractivity contribution >= 4 is 22.0 Å². The maximum Gasteiger partial charge on any atom is 0.410 e. The van der Waals surface area contributed by atoms with Crippen LogP contribution in [-0.2, 0) is 30.9 Å². The Hall–Kier alpha value is -2.23. The largest absolute Gasteiger partial charge is 0.505 e. The summed E-state index contributed by atoms with van der Waals surface area (Å²) >= 11 is 3.70. The minimum absolute atomic E-state index is 0.170. The maximum absolute atomic E-state index is 12.7. The second-order valence-corrected chi connectivity index (χ2v) is 10.3. The Kier molecular flexibility index (Phi) is 8.21. The number of carbonyl (C=O) groups excluding carboxylic acids is 1. The molecule has 188 valence electrons.